The van der Waals surface area contributed by atoms with Crippen LogP contribution in [-0.4, -0.2) is 20.0 Å². The molecule has 108 valence electrons. The molecule has 0 saturated heterocycles. The number of Topliss-reactive ketones (excluding diaryl/α,β-unsaturated/α-hetero) is 1. The first-order valence-electron chi connectivity index (χ1n) is 7.13. The van der Waals surface area contributed by atoms with E-state index in [4.69, 9.17) is 9.47 Å². The lowest BCUT2D eigenvalue weighted by Crippen LogP contribution is -2.15. The average Bonchev–Trinajstić information content (AvgIpc) is 2.53. The first kappa shape index (κ1) is 14.6. The predicted molar refractivity (Wildman–Crippen MR) is 79.6 cm³/mol. The third-order valence-corrected chi connectivity index (χ3v) is 4.04. The Hall–Kier alpha value is -1.77. The minimum absolute atomic E-state index is 0.0258. The van der Waals surface area contributed by atoms with Crippen molar-refractivity contribution in [3.63, 3.8) is 0 Å². The zero-order chi connectivity index (χ0) is 14.5. The Labute approximate surface area is 120 Å². The van der Waals surface area contributed by atoms with Crippen LogP contribution in [-0.2, 0) is 0 Å². The Morgan fingerprint density at radius 2 is 1.75 bits per heavy atom. The Morgan fingerprint density at radius 1 is 1.10 bits per heavy atom. The van der Waals surface area contributed by atoms with Crippen molar-refractivity contribution in [2.75, 3.05) is 14.2 Å². The summed E-state index contributed by atoms with van der Waals surface area (Å²) in [7, 11) is 3.16. The second kappa shape index (κ2) is 6.60. The third-order valence-electron chi connectivity index (χ3n) is 4.04. The summed E-state index contributed by atoms with van der Waals surface area (Å²) in [5, 5.41) is 0. The van der Waals surface area contributed by atoms with Crippen LogP contribution < -0.4 is 9.47 Å². The number of carbonyl (C=O) groups is 1. The summed E-state index contributed by atoms with van der Waals surface area (Å²) < 4.78 is 10.4. The first-order chi connectivity index (χ1) is 9.67. The van der Waals surface area contributed by atoms with Crippen LogP contribution in [0.5, 0.6) is 11.5 Å². The summed E-state index contributed by atoms with van der Waals surface area (Å²) in [6.45, 7) is 4.03. The molecule has 0 radical (unpaired) electrons. The molecule has 0 N–H and O–H groups in total. The van der Waals surface area contributed by atoms with Crippen molar-refractivity contribution < 1.29 is 14.3 Å². The van der Waals surface area contributed by atoms with E-state index in [9.17, 15) is 4.79 Å². The van der Waals surface area contributed by atoms with E-state index in [2.05, 4.69) is 6.58 Å². The van der Waals surface area contributed by atoms with E-state index in [1.165, 1.54) is 19.3 Å². The maximum atomic E-state index is 12.5. The predicted octanol–water partition coefficient (Wildman–Crippen LogP) is 4.02. The number of methoxy groups -OCH3 is 2. The van der Waals surface area contributed by atoms with Crippen molar-refractivity contribution in [2.24, 2.45) is 5.92 Å². The molecule has 1 aromatic rings. The lowest BCUT2D eigenvalue weighted by atomic mass is 9.81. The van der Waals surface area contributed by atoms with Crippen LogP contribution in [0.1, 0.15) is 42.5 Å². The van der Waals surface area contributed by atoms with Crippen LogP contribution in [0.3, 0.4) is 0 Å². The second-order valence-corrected chi connectivity index (χ2v) is 5.26. The number of allylic oxidation sites excluding steroid dienone is 1. The van der Waals surface area contributed by atoms with Crippen molar-refractivity contribution in [2.45, 2.75) is 32.1 Å². The number of rotatable bonds is 5. The molecule has 0 amide bonds. The molecule has 0 aromatic heterocycles. The fourth-order valence-corrected chi connectivity index (χ4v) is 2.80. The standard InChI is InChI=1S/C17H22O3/c1-12(13-7-5-4-6-8-13)17(18)14-9-10-15(19-2)16(11-14)20-3/h9-11,13H,1,4-8H2,2-3H3. The van der Waals surface area contributed by atoms with E-state index in [1.54, 1.807) is 32.4 Å². The van der Waals surface area contributed by atoms with Gasteiger partial charge < -0.3 is 9.47 Å². The molecule has 0 heterocycles. The van der Waals surface area contributed by atoms with Gasteiger partial charge in [0.15, 0.2) is 17.3 Å². The van der Waals surface area contributed by atoms with E-state index >= 15 is 0 Å². The van der Waals surface area contributed by atoms with Gasteiger partial charge in [0, 0.05) is 5.56 Å². The average molecular weight is 274 g/mol. The molecular formula is C17H22O3. The van der Waals surface area contributed by atoms with Gasteiger partial charge in [-0.05, 0) is 42.5 Å². The highest BCUT2D eigenvalue weighted by Crippen LogP contribution is 2.33. The van der Waals surface area contributed by atoms with Crippen LogP contribution >= 0.6 is 0 Å². The summed E-state index contributed by atoms with van der Waals surface area (Å²) in [6.07, 6.45) is 5.83. The Morgan fingerprint density at radius 3 is 2.35 bits per heavy atom. The molecule has 0 bridgehead atoms. The van der Waals surface area contributed by atoms with Gasteiger partial charge in [-0.15, -0.1) is 0 Å². The summed E-state index contributed by atoms with van der Waals surface area (Å²) >= 11 is 0. The quantitative estimate of drug-likeness (QED) is 0.601. The smallest absolute Gasteiger partial charge is 0.188 e. The molecule has 2 rings (SSSR count). The van der Waals surface area contributed by atoms with Gasteiger partial charge in [-0.2, -0.15) is 0 Å². The number of carbonyl (C=O) groups excluding carboxylic acids is 1. The molecule has 1 aliphatic carbocycles. The molecular weight excluding hydrogens is 252 g/mol. The lowest BCUT2D eigenvalue weighted by Gasteiger charge is -2.23. The Kier molecular flexibility index (Phi) is 4.83. The van der Waals surface area contributed by atoms with Crippen LogP contribution in [0.15, 0.2) is 30.4 Å². The van der Waals surface area contributed by atoms with Crippen molar-refractivity contribution in [1.82, 2.24) is 0 Å². The van der Waals surface area contributed by atoms with E-state index in [1.807, 2.05) is 0 Å². The van der Waals surface area contributed by atoms with Gasteiger partial charge in [0.2, 0.25) is 0 Å². The third kappa shape index (κ3) is 3.03. The normalized spacial score (nSPS) is 15.7. The number of ether oxygens (including phenoxy) is 2. The highest BCUT2D eigenvalue weighted by atomic mass is 16.5. The summed E-state index contributed by atoms with van der Waals surface area (Å²) in [5.41, 5.74) is 1.36. The monoisotopic (exact) mass is 274 g/mol. The molecule has 3 nitrogen and oxygen atoms in total. The largest absolute Gasteiger partial charge is 0.493 e. The fraction of sp³-hybridized carbons (Fsp3) is 0.471. The maximum absolute atomic E-state index is 12.5. The van der Waals surface area contributed by atoms with Crippen LogP contribution in [0.25, 0.3) is 0 Å². The number of ketones is 1. The minimum atomic E-state index is 0.0258. The molecule has 0 unspecified atom stereocenters. The fourth-order valence-electron chi connectivity index (χ4n) is 2.80. The van der Waals surface area contributed by atoms with Gasteiger partial charge in [-0.25, -0.2) is 0 Å². The molecule has 3 heteroatoms. The van der Waals surface area contributed by atoms with E-state index in [0.29, 0.717) is 23.0 Å². The Bertz CT molecular complexity index is 499. The maximum Gasteiger partial charge on any atom is 0.188 e. The minimum Gasteiger partial charge on any atom is -0.493 e. The van der Waals surface area contributed by atoms with Gasteiger partial charge in [0.1, 0.15) is 0 Å². The van der Waals surface area contributed by atoms with Crippen molar-refractivity contribution >= 4 is 5.78 Å². The number of hydrogen-bond acceptors (Lipinski definition) is 3. The molecule has 0 spiro atoms. The van der Waals surface area contributed by atoms with Gasteiger partial charge >= 0.3 is 0 Å². The van der Waals surface area contributed by atoms with Crippen molar-refractivity contribution in [3.05, 3.63) is 35.9 Å². The number of benzene rings is 1. The molecule has 0 atom stereocenters. The van der Waals surface area contributed by atoms with Crippen molar-refractivity contribution in [3.8, 4) is 11.5 Å². The zero-order valence-electron chi connectivity index (χ0n) is 12.3. The number of hydrogen-bond donors (Lipinski definition) is 0. The Balaban J connectivity index is 2.17. The van der Waals surface area contributed by atoms with Gasteiger partial charge in [0.05, 0.1) is 14.2 Å². The van der Waals surface area contributed by atoms with Crippen LogP contribution in [0.2, 0.25) is 0 Å². The molecule has 20 heavy (non-hydrogen) atoms. The summed E-state index contributed by atoms with van der Waals surface area (Å²) in [5.74, 6) is 1.57. The highest BCUT2D eigenvalue weighted by molar-refractivity contribution is 6.09. The van der Waals surface area contributed by atoms with Crippen LogP contribution in [0, 0.1) is 5.92 Å². The molecule has 1 aromatic carbocycles. The molecule has 1 saturated carbocycles. The molecule has 1 fully saturated rings. The summed E-state index contributed by atoms with van der Waals surface area (Å²) in [4.78, 5) is 12.5. The lowest BCUT2D eigenvalue weighted by molar-refractivity contribution is 0.101. The molecule has 1 aliphatic rings. The first-order valence-corrected chi connectivity index (χ1v) is 7.13. The van der Waals surface area contributed by atoms with Crippen molar-refractivity contribution in [1.29, 1.82) is 0 Å². The van der Waals surface area contributed by atoms with Crippen LogP contribution in [0.4, 0.5) is 0 Å². The van der Waals surface area contributed by atoms with E-state index in [-0.39, 0.29) is 5.78 Å². The molecule has 0 aliphatic heterocycles. The summed E-state index contributed by atoms with van der Waals surface area (Å²) in [6, 6.07) is 5.27. The highest BCUT2D eigenvalue weighted by Gasteiger charge is 2.22. The topological polar surface area (TPSA) is 35.5 Å². The van der Waals surface area contributed by atoms with E-state index < -0.39 is 0 Å². The van der Waals surface area contributed by atoms with E-state index in [0.717, 1.165) is 18.4 Å². The SMILES string of the molecule is C=C(C(=O)c1ccc(OC)c(OC)c1)C1CCCCC1. The zero-order valence-corrected chi connectivity index (χ0v) is 12.3. The van der Waals surface area contributed by atoms with Gasteiger partial charge in [-0.1, -0.05) is 25.8 Å². The van der Waals surface area contributed by atoms with Gasteiger partial charge in [-0.3, -0.25) is 4.79 Å². The second-order valence-electron chi connectivity index (χ2n) is 5.26. The van der Waals surface area contributed by atoms with Gasteiger partial charge in [0.25, 0.3) is 0 Å².